The van der Waals surface area contributed by atoms with Gasteiger partial charge in [0.05, 0.1) is 0 Å². The molecule has 0 atom stereocenters. The van der Waals surface area contributed by atoms with Gasteiger partial charge >= 0.3 is 0 Å². The molecular weight excluding hydrogens is 217 g/mol. The van der Waals surface area contributed by atoms with Crippen molar-refractivity contribution in [3.8, 4) is 0 Å². The maximum Gasteiger partial charge on any atom is 0.187 e. The molecule has 0 saturated heterocycles. The van der Waals surface area contributed by atoms with E-state index in [4.69, 9.17) is 0 Å². The molecule has 0 radical (unpaired) electrons. The number of nitrogens with zero attached hydrogens (tertiary/aromatic N) is 3. The van der Waals surface area contributed by atoms with Gasteiger partial charge in [-0.25, -0.2) is 0 Å². The van der Waals surface area contributed by atoms with E-state index >= 15 is 0 Å². The Morgan fingerprint density at radius 2 is 2.25 bits per heavy atom. The van der Waals surface area contributed by atoms with E-state index in [9.17, 15) is 0 Å². The van der Waals surface area contributed by atoms with Crippen molar-refractivity contribution >= 4 is 26.4 Å². The van der Waals surface area contributed by atoms with Crippen LogP contribution >= 0.6 is 22.6 Å². The van der Waals surface area contributed by atoms with Gasteiger partial charge in [0, 0.05) is 36.7 Å². The number of hydrogen-bond donors (Lipinski definition) is 0. The van der Waals surface area contributed by atoms with Crippen LogP contribution in [0, 0.1) is 0 Å². The summed E-state index contributed by atoms with van der Waals surface area (Å²) in [5.41, 5.74) is 0. The number of rotatable bonds is 0. The number of hydrogen-bond acceptors (Lipinski definition) is 3. The molecule has 1 aliphatic rings. The van der Waals surface area contributed by atoms with Crippen LogP contribution in [0.2, 0.25) is 0 Å². The van der Waals surface area contributed by atoms with Crippen molar-refractivity contribution < 1.29 is 0 Å². The van der Waals surface area contributed by atoms with Crippen LogP contribution in [0.15, 0.2) is 5.10 Å². The monoisotopic (exact) mass is 225 g/mol. The fourth-order valence-electron chi connectivity index (χ4n) is 0.614. The largest absolute Gasteiger partial charge is 0.334 e. The van der Waals surface area contributed by atoms with Gasteiger partial charge in [-0.15, -0.1) is 0 Å². The summed E-state index contributed by atoms with van der Waals surface area (Å²) in [7, 11) is 3.98. The first-order valence-corrected chi connectivity index (χ1v) is 3.44. The maximum atomic E-state index is 4.13. The molecule has 4 heteroatoms. The van der Waals surface area contributed by atoms with Gasteiger partial charge in [-0.05, 0) is 0 Å². The van der Waals surface area contributed by atoms with Crippen molar-refractivity contribution in [1.29, 1.82) is 0 Å². The smallest absolute Gasteiger partial charge is 0.187 e. The second-order valence-corrected chi connectivity index (χ2v) is 2.83. The Morgan fingerprint density at radius 3 is 2.38 bits per heavy atom. The summed E-state index contributed by atoms with van der Waals surface area (Å²) in [5.74, 6) is 0. The molecule has 8 heavy (non-hydrogen) atoms. The minimum absolute atomic E-state index is 0.915. The highest BCUT2D eigenvalue weighted by atomic mass is 127. The summed E-state index contributed by atoms with van der Waals surface area (Å²) in [5, 5.41) is 6.04. The molecule has 1 aliphatic heterocycles. The first kappa shape index (κ1) is 6.12. The van der Waals surface area contributed by atoms with Crippen LogP contribution in [0.25, 0.3) is 0 Å². The second kappa shape index (κ2) is 2.08. The summed E-state index contributed by atoms with van der Waals surface area (Å²) < 4.78 is 1.06. The van der Waals surface area contributed by atoms with Gasteiger partial charge in [0.1, 0.15) is 6.67 Å². The van der Waals surface area contributed by atoms with Crippen LogP contribution in [0.1, 0.15) is 0 Å². The van der Waals surface area contributed by atoms with Crippen LogP contribution < -0.4 is 0 Å². The van der Waals surface area contributed by atoms with Gasteiger partial charge in [0.15, 0.2) is 3.84 Å². The lowest BCUT2D eigenvalue weighted by Crippen LogP contribution is -2.22. The molecular formula is C4H8IN3. The lowest BCUT2D eigenvalue weighted by atomic mass is 10.9. The molecule has 46 valence electrons. The Hall–Kier alpha value is -0.0000000000000000555. The molecule has 1 heterocycles. The van der Waals surface area contributed by atoms with E-state index < -0.39 is 0 Å². The molecule has 0 aromatic carbocycles. The van der Waals surface area contributed by atoms with E-state index in [1.807, 2.05) is 19.1 Å². The third-order valence-corrected chi connectivity index (χ3v) is 2.02. The van der Waals surface area contributed by atoms with Crippen molar-refractivity contribution in [3.63, 3.8) is 0 Å². The molecule has 0 aromatic heterocycles. The van der Waals surface area contributed by atoms with Crippen LogP contribution in [-0.2, 0) is 0 Å². The summed E-state index contributed by atoms with van der Waals surface area (Å²) in [6, 6.07) is 0. The minimum atomic E-state index is 0.915. The Labute approximate surface area is 62.5 Å². The predicted molar refractivity (Wildman–Crippen MR) is 41.8 cm³/mol. The number of halogens is 1. The van der Waals surface area contributed by atoms with Gasteiger partial charge in [-0.2, -0.15) is 5.10 Å². The van der Waals surface area contributed by atoms with Crippen LogP contribution in [0.5, 0.6) is 0 Å². The standard InChI is InChI=1S/C4H8IN3/c1-7-3-8(2)6-4(7)5/h3H2,1-2H3. The molecule has 0 saturated carbocycles. The van der Waals surface area contributed by atoms with Gasteiger partial charge in [0.25, 0.3) is 0 Å². The highest BCUT2D eigenvalue weighted by Crippen LogP contribution is 2.06. The highest BCUT2D eigenvalue weighted by molar-refractivity contribution is 14.1. The predicted octanol–water partition coefficient (Wildman–Crippen LogP) is 0.527. The molecule has 0 unspecified atom stereocenters. The lowest BCUT2D eigenvalue weighted by Gasteiger charge is -2.09. The Balaban J connectivity index is 2.59. The fraction of sp³-hybridized carbons (Fsp3) is 0.750. The van der Waals surface area contributed by atoms with E-state index in [-0.39, 0.29) is 0 Å². The zero-order valence-electron chi connectivity index (χ0n) is 4.93. The molecule has 0 N–H and O–H groups in total. The summed E-state index contributed by atoms with van der Waals surface area (Å²) in [6.45, 7) is 0.915. The molecule has 3 nitrogen and oxygen atoms in total. The third kappa shape index (κ3) is 1.04. The van der Waals surface area contributed by atoms with Crippen molar-refractivity contribution in [1.82, 2.24) is 9.91 Å². The number of amidine groups is 1. The normalized spacial score (nSPS) is 19.6. The van der Waals surface area contributed by atoms with Gasteiger partial charge in [-0.3, -0.25) is 5.01 Å². The molecule has 0 bridgehead atoms. The quantitative estimate of drug-likeness (QED) is 0.442. The third-order valence-electron chi connectivity index (χ3n) is 0.985. The van der Waals surface area contributed by atoms with Gasteiger partial charge in [-0.1, -0.05) is 0 Å². The molecule has 0 aromatic rings. The first-order valence-electron chi connectivity index (χ1n) is 2.36. The van der Waals surface area contributed by atoms with Crippen LogP contribution in [0.4, 0.5) is 0 Å². The van der Waals surface area contributed by atoms with E-state index in [2.05, 4.69) is 32.6 Å². The van der Waals surface area contributed by atoms with Crippen molar-refractivity contribution in [2.45, 2.75) is 0 Å². The Bertz CT molecular complexity index is 122. The van der Waals surface area contributed by atoms with E-state index in [1.165, 1.54) is 0 Å². The van der Waals surface area contributed by atoms with E-state index in [0.29, 0.717) is 0 Å². The Morgan fingerprint density at radius 1 is 1.62 bits per heavy atom. The lowest BCUT2D eigenvalue weighted by molar-refractivity contribution is 0.304. The SMILES string of the molecule is CN1CN(C)C(I)=N1. The van der Waals surface area contributed by atoms with E-state index in [1.54, 1.807) is 0 Å². The topological polar surface area (TPSA) is 18.8 Å². The van der Waals surface area contributed by atoms with E-state index in [0.717, 1.165) is 10.5 Å². The molecule has 0 spiro atoms. The molecule has 0 fully saturated rings. The van der Waals surface area contributed by atoms with Gasteiger partial charge < -0.3 is 4.90 Å². The second-order valence-electron chi connectivity index (χ2n) is 1.87. The minimum Gasteiger partial charge on any atom is -0.334 e. The van der Waals surface area contributed by atoms with Gasteiger partial charge in [0.2, 0.25) is 0 Å². The average Bonchev–Trinajstić information content (AvgIpc) is 1.85. The zero-order valence-corrected chi connectivity index (χ0v) is 7.08. The van der Waals surface area contributed by atoms with Crippen molar-refractivity contribution in [3.05, 3.63) is 0 Å². The molecule has 0 amide bonds. The molecule has 0 aliphatic carbocycles. The average molecular weight is 225 g/mol. The van der Waals surface area contributed by atoms with Crippen LogP contribution in [-0.4, -0.2) is 34.5 Å². The summed E-state index contributed by atoms with van der Waals surface area (Å²) in [6.07, 6.45) is 0. The Kier molecular flexibility index (Phi) is 1.59. The number of hydrazone groups is 1. The molecule has 1 rings (SSSR count). The maximum absolute atomic E-state index is 4.13. The van der Waals surface area contributed by atoms with Crippen LogP contribution in [0.3, 0.4) is 0 Å². The summed E-state index contributed by atoms with van der Waals surface area (Å²) >= 11 is 2.21. The summed E-state index contributed by atoms with van der Waals surface area (Å²) in [4.78, 5) is 2.08. The first-order chi connectivity index (χ1) is 3.70. The highest BCUT2D eigenvalue weighted by Gasteiger charge is 2.11. The zero-order chi connectivity index (χ0) is 6.15. The van der Waals surface area contributed by atoms with Crippen molar-refractivity contribution in [2.75, 3.05) is 20.8 Å². The van der Waals surface area contributed by atoms with Crippen molar-refractivity contribution in [2.24, 2.45) is 5.10 Å². The fourth-order valence-corrected chi connectivity index (χ4v) is 1.14.